The zero-order valence-electron chi connectivity index (χ0n) is 10.8. The van der Waals surface area contributed by atoms with Crippen LogP contribution in [0.2, 0.25) is 0 Å². The summed E-state index contributed by atoms with van der Waals surface area (Å²) in [5.41, 5.74) is 5.62. The van der Waals surface area contributed by atoms with Crippen LogP contribution in [-0.2, 0) is 4.74 Å². The smallest absolute Gasteiger partial charge is 0.407 e. The Morgan fingerprint density at radius 3 is 2.44 bits per heavy atom. The van der Waals surface area contributed by atoms with Crippen molar-refractivity contribution in [3.63, 3.8) is 0 Å². The zero-order chi connectivity index (χ0) is 12.4. The molecule has 0 aromatic carbocycles. The molecule has 0 aromatic rings. The maximum atomic E-state index is 11.5. The largest absolute Gasteiger partial charge is 0.444 e. The average Bonchev–Trinajstić information content (AvgIpc) is 2.82. The number of nitrogens with one attached hydrogen (secondary N) is 1. The number of alkyl carbamates (subject to hydrolysis) is 1. The summed E-state index contributed by atoms with van der Waals surface area (Å²) >= 11 is 0. The Morgan fingerprint density at radius 1 is 1.50 bits per heavy atom. The molecule has 0 bridgehead atoms. The number of hydrogen-bond acceptors (Lipinski definition) is 3. The molecule has 94 valence electrons. The molecule has 0 aliphatic heterocycles. The van der Waals surface area contributed by atoms with Crippen LogP contribution >= 0.6 is 0 Å². The summed E-state index contributed by atoms with van der Waals surface area (Å²) < 4.78 is 5.17. The predicted octanol–water partition coefficient (Wildman–Crippen LogP) is 1.89. The van der Waals surface area contributed by atoms with E-state index in [4.69, 9.17) is 10.5 Å². The number of nitrogens with two attached hydrogens (primary N) is 1. The Bertz CT molecular complexity index is 254. The quantitative estimate of drug-likeness (QED) is 0.772. The van der Waals surface area contributed by atoms with Crippen molar-refractivity contribution in [3.8, 4) is 0 Å². The molecule has 1 aliphatic carbocycles. The van der Waals surface area contributed by atoms with Gasteiger partial charge in [-0.25, -0.2) is 4.79 Å². The van der Waals surface area contributed by atoms with Crippen LogP contribution in [0.4, 0.5) is 4.79 Å². The fraction of sp³-hybridized carbons (Fsp3) is 0.917. The molecule has 1 saturated carbocycles. The van der Waals surface area contributed by atoms with E-state index >= 15 is 0 Å². The highest BCUT2D eigenvalue weighted by Gasteiger charge is 2.43. The first-order chi connectivity index (χ1) is 7.27. The highest BCUT2D eigenvalue weighted by molar-refractivity contribution is 5.67. The van der Waals surface area contributed by atoms with Crippen molar-refractivity contribution >= 4 is 6.09 Å². The Balaban J connectivity index is 2.30. The second-order valence-electron chi connectivity index (χ2n) is 5.97. The van der Waals surface area contributed by atoms with Crippen molar-refractivity contribution in [1.29, 1.82) is 0 Å². The number of carbonyl (C=O) groups excluding carboxylic acids is 1. The maximum Gasteiger partial charge on any atom is 0.407 e. The van der Waals surface area contributed by atoms with Crippen molar-refractivity contribution in [1.82, 2.24) is 5.32 Å². The first kappa shape index (κ1) is 13.3. The second kappa shape index (κ2) is 4.62. The first-order valence-electron chi connectivity index (χ1n) is 5.94. The zero-order valence-corrected chi connectivity index (χ0v) is 10.8. The van der Waals surface area contributed by atoms with Gasteiger partial charge in [-0.1, -0.05) is 6.92 Å². The summed E-state index contributed by atoms with van der Waals surface area (Å²) in [4.78, 5) is 11.5. The molecule has 1 atom stereocenters. The van der Waals surface area contributed by atoms with Crippen molar-refractivity contribution in [2.75, 3.05) is 13.1 Å². The van der Waals surface area contributed by atoms with Gasteiger partial charge in [-0.05, 0) is 51.5 Å². The minimum atomic E-state index is -0.439. The van der Waals surface area contributed by atoms with E-state index in [1.165, 1.54) is 12.8 Å². The molecule has 0 saturated heterocycles. The van der Waals surface area contributed by atoms with Crippen molar-refractivity contribution < 1.29 is 9.53 Å². The molecule has 1 unspecified atom stereocenters. The minimum Gasteiger partial charge on any atom is -0.444 e. The fourth-order valence-corrected chi connectivity index (χ4v) is 1.74. The van der Waals surface area contributed by atoms with Crippen LogP contribution in [0, 0.1) is 11.3 Å². The third kappa shape index (κ3) is 4.00. The van der Waals surface area contributed by atoms with Crippen molar-refractivity contribution in [3.05, 3.63) is 0 Å². The highest BCUT2D eigenvalue weighted by atomic mass is 16.6. The van der Waals surface area contributed by atoms with E-state index in [9.17, 15) is 4.79 Å². The molecule has 1 amide bonds. The molecule has 0 heterocycles. The second-order valence-corrected chi connectivity index (χ2v) is 5.97. The van der Waals surface area contributed by atoms with E-state index in [0.29, 0.717) is 24.4 Å². The Hall–Kier alpha value is -0.770. The molecular weight excluding hydrogens is 204 g/mol. The van der Waals surface area contributed by atoms with E-state index in [1.807, 2.05) is 20.8 Å². The van der Waals surface area contributed by atoms with E-state index in [2.05, 4.69) is 12.2 Å². The standard InChI is InChI=1S/C12H24N2O2/c1-11(2,3)16-10(15)14-8-9(7-13)12(4)5-6-12/h9H,5-8,13H2,1-4H3,(H,14,15). The SMILES string of the molecule is CC(C)(C)OC(=O)NCC(CN)C1(C)CC1. The van der Waals surface area contributed by atoms with Gasteiger partial charge in [0.1, 0.15) is 5.60 Å². The molecule has 1 fully saturated rings. The summed E-state index contributed by atoms with van der Waals surface area (Å²) in [6.07, 6.45) is 2.07. The average molecular weight is 228 g/mol. The summed E-state index contributed by atoms with van der Waals surface area (Å²) in [6.45, 7) is 9.02. The van der Waals surface area contributed by atoms with Crippen LogP contribution in [0.1, 0.15) is 40.5 Å². The van der Waals surface area contributed by atoms with E-state index in [0.717, 1.165) is 0 Å². The molecule has 0 aromatic heterocycles. The van der Waals surface area contributed by atoms with Gasteiger partial charge in [0.25, 0.3) is 0 Å². The normalized spacial score (nSPS) is 20.1. The molecule has 3 N–H and O–H groups in total. The van der Waals surface area contributed by atoms with Gasteiger partial charge in [-0.15, -0.1) is 0 Å². The van der Waals surface area contributed by atoms with Crippen LogP contribution in [0.3, 0.4) is 0 Å². The van der Waals surface area contributed by atoms with Gasteiger partial charge in [0.15, 0.2) is 0 Å². The first-order valence-corrected chi connectivity index (χ1v) is 5.94. The molecular formula is C12H24N2O2. The van der Waals surface area contributed by atoms with Gasteiger partial charge in [0.05, 0.1) is 0 Å². The third-order valence-corrected chi connectivity index (χ3v) is 3.20. The summed E-state index contributed by atoms with van der Waals surface area (Å²) in [5.74, 6) is 0.361. The van der Waals surface area contributed by atoms with Crippen molar-refractivity contribution in [2.24, 2.45) is 17.1 Å². The fourth-order valence-electron chi connectivity index (χ4n) is 1.74. The third-order valence-electron chi connectivity index (χ3n) is 3.20. The lowest BCUT2D eigenvalue weighted by Crippen LogP contribution is -2.39. The topological polar surface area (TPSA) is 64.3 Å². The molecule has 4 nitrogen and oxygen atoms in total. The summed E-state index contributed by atoms with van der Waals surface area (Å²) in [6, 6.07) is 0. The van der Waals surface area contributed by atoms with Gasteiger partial charge in [0.2, 0.25) is 0 Å². The van der Waals surface area contributed by atoms with Gasteiger partial charge in [-0.2, -0.15) is 0 Å². The summed E-state index contributed by atoms with van der Waals surface area (Å²) in [5, 5.41) is 2.80. The van der Waals surface area contributed by atoms with Crippen LogP contribution in [0.15, 0.2) is 0 Å². The van der Waals surface area contributed by atoms with Gasteiger partial charge >= 0.3 is 6.09 Å². The van der Waals surface area contributed by atoms with E-state index in [-0.39, 0.29) is 6.09 Å². The lowest BCUT2D eigenvalue weighted by atomic mass is 9.91. The van der Waals surface area contributed by atoms with E-state index in [1.54, 1.807) is 0 Å². The van der Waals surface area contributed by atoms with Crippen LogP contribution in [0.25, 0.3) is 0 Å². The molecule has 16 heavy (non-hydrogen) atoms. The minimum absolute atomic E-state index is 0.337. The van der Waals surface area contributed by atoms with Crippen LogP contribution in [-0.4, -0.2) is 24.8 Å². The van der Waals surface area contributed by atoms with Gasteiger partial charge < -0.3 is 15.8 Å². The highest BCUT2D eigenvalue weighted by Crippen LogP contribution is 2.50. The lowest BCUT2D eigenvalue weighted by Gasteiger charge is -2.24. The Labute approximate surface area is 97.9 Å². The van der Waals surface area contributed by atoms with Crippen LogP contribution < -0.4 is 11.1 Å². The van der Waals surface area contributed by atoms with Crippen LogP contribution in [0.5, 0.6) is 0 Å². The Morgan fingerprint density at radius 2 is 2.06 bits per heavy atom. The van der Waals surface area contributed by atoms with E-state index < -0.39 is 5.60 Å². The molecule has 1 rings (SSSR count). The molecule has 1 aliphatic rings. The number of hydrogen-bond donors (Lipinski definition) is 2. The molecule has 4 heteroatoms. The van der Waals surface area contributed by atoms with Gasteiger partial charge in [-0.3, -0.25) is 0 Å². The molecule has 0 spiro atoms. The monoisotopic (exact) mass is 228 g/mol. The summed E-state index contributed by atoms with van der Waals surface area (Å²) in [7, 11) is 0. The lowest BCUT2D eigenvalue weighted by molar-refractivity contribution is 0.0513. The van der Waals surface area contributed by atoms with Crippen molar-refractivity contribution in [2.45, 2.75) is 46.1 Å². The number of rotatable bonds is 4. The number of ether oxygens (including phenoxy) is 1. The number of amides is 1. The molecule has 0 radical (unpaired) electrons. The number of carbonyl (C=O) groups is 1. The Kier molecular flexibility index (Phi) is 3.84. The predicted molar refractivity (Wildman–Crippen MR) is 64.1 cm³/mol. The maximum absolute atomic E-state index is 11.5. The van der Waals surface area contributed by atoms with Gasteiger partial charge in [0, 0.05) is 6.54 Å².